The minimum atomic E-state index is 0.0810. The Kier molecular flexibility index (Phi) is 3.15. The van der Waals surface area contributed by atoms with E-state index in [2.05, 4.69) is 18.3 Å². The summed E-state index contributed by atoms with van der Waals surface area (Å²) < 4.78 is 11.0. The first-order chi connectivity index (χ1) is 7.72. The topological polar surface area (TPSA) is 38.3 Å². The molecule has 0 bridgehead atoms. The highest BCUT2D eigenvalue weighted by Gasteiger charge is 2.20. The molecule has 3 nitrogen and oxygen atoms in total. The van der Waals surface area contributed by atoms with Crippen molar-refractivity contribution in [1.29, 1.82) is 0 Å². The SMILES string of the molecule is CCNC(c1ccco1)c1cc(C)oc1C. The summed E-state index contributed by atoms with van der Waals surface area (Å²) in [7, 11) is 0. The molecule has 2 aromatic rings. The minimum absolute atomic E-state index is 0.0810. The summed E-state index contributed by atoms with van der Waals surface area (Å²) in [6.07, 6.45) is 1.70. The monoisotopic (exact) mass is 219 g/mol. The summed E-state index contributed by atoms with van der Waals surface area (Å²) in [5.41, 5.74) is 1.15. The van der Waals surface area contributed by atoms with Gasteiger partial charge in [-0.25, -0.2) is 0 Å². The van der Waals surface area contributed by atoms with Crippen molar-refractivity contribution in [2.75, 3.05) is 6.54 Å². The molecule has 0 fully saturated rings. The van der Waals surface area contributed by atoms with Crippen LogP contribution in [0.1, 0.15) is 35.8 Å². The first kappa shape index (κ1) is 11.0. The number of furan rings is 2. The Morgan fingerprint density at radius 3 is 2.69 bits per heavy atom. The zero-order valence-corrected chi connectivity index (χ0v) is 9.91. The summed E-state index contributed by atoms with van der Waals surface area (Å²) in [5.74, 6) is 2.80. The standard InChI is InChI=1S/C13H17NO2/c1-4-14-13(12-6-5-7-15-12)11-8-9(2)16-10(11)3/h5-8,13-14H,4H2,1-3H3. The average molecular weight is 219 g/mol. The van der Waals surface area contributed by atoms with Gasteiger partial charge in [0, 0.05) is 5.56 Å². The second-order valence-corrected chi connectivity index (χ2v) is 3.87. The van der Waals surface area contributed by atoms with Crippen LogP contribution in [0.4, 0.5) is 0 Å². The maximum atomic E-state index is 5.56. The molecule has 2 heterocycles. The van der Waals surface area contributed by atoms with Gasteiger partial charge in [-0.2, -0.15) is 0 Å². The zero-order chi connectivity index (χ0) is 11.5. The first-order valence-corrected chi connectivity index (χ1v) is 5.56. The number of aryl methyl sites for hydroxylation is 2. The molecule has 86 valence electrons. The number of hydrogen-bond donors (Lipinski definition) is 1. The van der Waals surface area contributed by atoms with Crippen LogP contribution in [0.5, 0.6) is 0 Å². The molecule has 0 aromatic carbocycles. The van der Waals surface area contributed by atoms with Crippen LogP contribution in [0.15, 0.2) is 33.3 Å². The lowest BCUT2D eigenvalue weighted by molar-refractivity contribution is 0.443. The van der Waals surface area contributed by atoms with Crippen LogP contribution in [0, 0.1) is 13.8 Å². The van der Waals surface area contributed by atoms with Gasteiger partial charge in [0.2, 0.25) is 0 Å². The van der Waals surface area contributed by atoms with Crippen LogP contribution < -0.4 is 5.32 Å². The smallest absolute Gasteiger partial charge is 0.125 e. The van der Waals surface area contributed by atoms with Gasteiger partial charge in [-0.1, -0.05) is 6.92 Å². The van der Waals surface area contributed by atoms with E-state index in [-0.39, 0.29) is 6.04 Å². The highest BCUT2D eigenvalue weighted by Crippen LogP contribution is 2.27. The van der Waals surface area contributed by atoms with E-state index in [0.29, 0.717) is 0 Å². The average Bonchev–Trinajstić information content (AvgIpc) is 2.85. The lowest BCUT2D eigenvalue weighted by atomic mass is 10.1. The lowest BCUT2D eigenvalue weighted by Gasteiger charge is -2.14. The van der Waals surface area contributed by atoms with E-state index in [1.165, 1.54) is 0 Å². The van der Waals surface area contributed by atoms with E-state index in [1.807, 2.05) is 26.0 Å². The van der Waals surface area contributed by atoms with Crippen LogP contribution in [0.3, 0.4) is 0 Å². The van der Waals surface area contributed by atoms with E-state index >= 15 is 0 Å². The van der Waals surface area contributed by atoms with Crippen molar-refractivity contribution >= 4 is 0 Å². The second-order valence-electron chi connectivity index (χ2n) is 3.87. The molecule has 0 spiro atoms. The Morgan fingerprint density at radius 1 is 1.38 bits per heavy atom. The molecule has 1 atom stereocenters. The predicted molar refractivity (Wildman–Crippen MR) is 62.4 cm³/mol. The van der Waals surface area contributed by atoms with Crippen LogP contribution >= 0.6 is 0 Å². The van der Waals surface area contributed by atoms with Gasteiger partial charge in [0.1, 0.15) is 17.3 Å². The molecule has 0 saturated carbocycles. The van der Waals surface area contributed by atoms with Crippen LogP contribution in [-0.4, -0.2) is 6.54 Å². The fourth-order valence-electron chi connectivity index (χ4n) is 1.96. The molecule has 0 amide bonds. The molecule has 3 heteroatoms. The number of rotatable bonds is 4. The Morgan fingerprint density at radius 2 is 2.19 bits per heavy atom. The molecule has 0 radical (unpaired) electrons. The fraction of sp³-hybridized carbons (Fsp3) is 0.385. The molecule has 0 aliphatic carbocycles. The molecule has 0 saturated heterocycles. The molecule has 2 rings (SSSR count). The molecule has 1 unspecified atom stereocenters. The van der Waals surface area contributed by atoms with Crippen LogP contribution in [0.25, 0.3) is 0 Å². The van der Waals surface area contributed by atoms with Gasteiger partial charge in [-0.05, 0) is 38.6 Å². The van der Waals surface area contributed by atoms with E-state index in [9.17, 15) is 0 Å². The molecule has 0 aliphatic heterocycles. The van der Waals surface area contributed by atoms with E-state index in [0.717, 1.165) is 29.4 Å². The van der Waals surface area contributed by atoms with E-state index in [1.54, 1.807) is 6.26 Å². The van der Waals surface area contributed by atoms with Gasteiger partial charge < -0.3 is 14.2 Å². The number of nitrogens with one attached hydrogen (secondary N) is 1. The van der Waals surface area contributed by atoms with Crippen LogP contribution in [0.2, 0.25) is 0 Å². The van der Waals surface area contributed by atoms with Gasteiger partial charge in [0.25, 0.3) is 0 Å². The molecule has 16 heavy (non-hydrogen) atoms. The van der Waals surface area contributed by atoms with Crippen LogP contribution in [-0.2, 0) is 0 Å². The molecule has 1 N–H and O–H groups in total. The molecule has 0 aliphatic rings. The van der Waals surface area contributed by atoms with Crippen molar-refractivity contribution < 1.29 is 8.83 Å². The largest absolute Gasteiger partial charge is 0.467 e. The fourth-order valence-corrected chi connectivity index (χ4v) is 1.96. The maximum Gasteiger partial charge on any atom is 0.125 e. The normalized spacial score (nSPS) is 12.9. The number of hydrogen-bond acceptors (Lipinski definition) is 3. The summed E-state index contributed by atoms with van der Waals surface area (Å²) in [5, 5.41) is 3.40. The van der Waals surface area contributed by atoms with Gasteiger partial charge in [-0.3, -0.25) is 0 Å². The third-order valence-electron chi connectivity index (χ3n) is 2.63. The summed E-state index contributed by atoms with van der Waals surface area (Å²) in [6.45, 7) is 6.91. The van der Waals surface area contributed by atoms with Crippen molar-refractivity contribution in [3.63, 3.8) is 0 Å². The van der Waals surface area contributed by atoms with Crippen molar-refractivity contribution in [3.8, 4) is 0 Å². The van der Waals surface area contributed by atoms with Gasteiger partial charge in [0.05, 0.1) is 12.3 Å². The molecule has 2 aromatic heterocycles. The van der Waals surface area contributed by atoms with Gasteiger partial charge >= 0.3 is 0 Å². The highest BCUT2D eigenvalue weighted by molar-refractivity contribution is 5.30. The first-order valence-electron chi connectivity index (χ1n) is 5.56. The summed E-state index contributed by atoms with van der Waals surface area (Å²) >= 11 is 0. The Labute approximate surface area is 95.5 Å². The van der Waals surface area contributed by atoms with Crippen molar-refractivity contribution in [1.82, 2.24) is 5.32 Å². The van der Waals surface area contributed by atoms with Gasteiger partial charge in [-0.15, -0.1) is 0 Å². The summed E-state index contributed by atoms with van der Waals surface area (Å²) in [4.78, 5) is 0. The lowest BCUT2D eigenvalue weighted by Crippen LogP contribution is -2.21. The van der Waals surface area contributed by atoms with Crippen molar-refractivity contribution in [3.05, 3.63) is 47.3 Å². The Balaban J connectivity index is 2.36. The Hall–Kier alpha value is -1.48. The third kappa shape index (κ3) is 2.04. The highest BCUT2D eigenvalue weighted by atomic mass is 16.3. The maximum absolute atomic E-state index is 5.56. The summed E-state index contributed by atoms with van der Waals surface area (Å²) in [6, 6.07) is 6.03. The second kappa shape index (κ2) is 4.58. The zero-order valence-electron chi connectivity index (χ0n) is 9.91. The molecular formula is C13H17NO2. The van der Waals surface area contributed by atoms with E-state index < -0.39 is 0 Å². The Bertz CT molecular complexity index is 442. The van der Waals surface area contributed by atoms with Crippen molar-refractivity contribution in [2.45, 2.75) is 26.8 Å². The predicted octanol–water partition coefficient (Wildman–Crippen LogP) is 3.19. The van der Waals surface area contributed by atoms with Crippen molar-refractivity contribution in [2.24, 2.45) is 0 Å². The minimum Gasteiger partial charge on any atom is -0.467 e. The van der Waals surface area contributed by atoms with Gasteiger partial charge in [0.15, 0.2) is 0 Å². The van der Waals surface area contributed by atoms with E-state index in [4.69, 9.17) is 8.83 Å². The quantitative estimate of drug-likeness (QED) is 0.858. The third-order valence-corrected chi connectivity index (χ3v) is 2.63. The molecular weight excluding hydrogens is 202 g/mol.